The SMILES string of the molecule is CC1Oc2ccc(C(=O)C3CCN(c4c(F)c(F)nc(F)c4F)CC3)cc2NC1=O. The fourth-order valence-electron chi connectivity index (χ4n) is 3.72. The molecular formula is C20H17F4N3O3. The van der Waals surface area contributed by atoms with Crippen molar-refractivity contribution in [1.82, 2.24) is 4.98 Å². The summed E-state index contributed by atoms with van der Waals surface area (Å²) in [5, 5.41) is 2.67. The Morgan fingerprint density at radius 1 is 1.13 bits per heavy atom. The summed E-state index contributed by atoms with van der Waals surface area (Å²) >= 11 is 0. The lowest BCUT2D eigenvalue weighted by molar-refractivity contribution is -0.122. The molecule has 1 saturated heterocycles. The second-order valence-corrected chi connectivity index (χ2v) is 7.26. The second-order valence-electron chi connectivity index (χ2n) is 7.26. The molecule has 1 N–H and O–H groups in total. The number of nitrogens with one attached hydrogen (secondary N) is 1. The van der Waals surface area contributed by atoms with E-state index in [9.17, 15) is 27.2 Å². The minimum atomic E-state index is -1.71. The van der Waals surface area contributed by atoms with Crippen LogP contribution in [0.1, 0.15) is 30.1 Å². The first-order chi connectivity index (χ1) is 14.3. The number of ketones is 1. The van der Waals surface area contributed by atoms with E-state index in [0.717, 1.165) is 0 Å². The maximum atomic E-state index is 14.0. The van der Waals surface area contributed by atoms with Crippen LogP contribution < -0.4 is 15.0 Å². The van der Waals surface area contributed by atoms with E-state index in [0.29, 0.717) is 17.0 Å². The molecular weight excluding hydrogens is 406 g/mol. The lowest BCUT2D eigenvalue weighted by atomic mass is 9.88. The lowest BCUT2D eigenvalue weighted by Crippen LogP contribution is -2.38. The van der Waals surface area contributed by atoms with Gasteiger partial charge in [-0.2, -0.15) is 22.5 Å². The Hall–Kier alpha value is -3.17. The molecule has 10 heteroatoms. The number of carbonyl (C=O) groups is 2. The van der Waals surface area contributed by atoms with E-state index in [2.05, 4.69) is 10.3 Å². The molecule has 1 aromatic carbocycles. The highest BCUT2D eigenvalue weighted by Gasteiger charge is 2.32. The highest BCUT2D eigenvalue weighted by Crippen LogP contribution is 2.34. The van der Waals surface area contributed by atoms with Gasteiger partial charge in [-0.3, -0.25) is 9.59 Å². The number of Topliss-reactive ketones (excluding diaryl/α,β-unsaturated/α-hetero) is 1. The molecule has 2 aliphatic rings. The summed E-state index contributed by atoms with van der Waals surface area (Å²) < 4.78 is 60.2. The number of rotatable bonds is 3. The highest BCUT2D eigenvalue weighted by atomic mass is 19.2. The zero-order valence-electron chi connectivity index (χ0n) is 15.8. The third-order valence-electron chi connectivity index (χ3n) is 5.35. The largest absolute Gasteiger partial charge is 0.479 e. The number of hydrogen-bond acceptors (Lipinski definition) is 5. The Balaban J connectivity index is 1.48. The smallest absolute Gasteiger partial charge is 0.265 e. The van der Waals surface area contributed by atoms with Crippen molar-refractivity contribution in [3.63, 3.8) is 0 Å². The van der Waals surface area contributed by atoms with Gasteiger partial charge < -0.3 is 15.0 Å². The van der Waals surface area contributed by atoms with Crippen molar-refractivity contribution < 1.29 is 31.9 Å². The van der Waals surface area contributed by atoms with Gasteiger partial charge >= 0.3 is 0 Å². The molecule has 1 fully saturated rings. The van der Waals surface area contributed by atoms with E-state index in [4.69, 9.17) is 4.74 Å². The van der Waals surface area contributed by atoms with E-state index in [1.807, 2.05) is 0 Å². The number of benzene rings is 1. The minimum absolute atomic E-state index is 0.0371. The first kappa shape index (κ1) is 20.1. The minimum Gasteiger partial charge on any atom is -0.479 e. The van der Waals surface area contributed by atoms with Crippen molar-refractivity contribution in [1.29, 1.82) is 0 Å². The van der Waals surface area contributed by atoms with E-state index in [1.54, 1.807) is 19.1 Å². The van der Waals surface area contributed by atoms with E-state index < -0.39 is 41.2 Å². The number of piperidine rings is 1. The van der Waals surface area contributed by atoms with Crippen LogP contribution in [0.25, 0.3) is 0 Å². The first-order valence-electron chi connectivity index (χ1n) is 9.37. The molecule has 3 heterocycles. The van der Waals surface area contributed by atoms with Gasteiger partial charge in [0.15, 0.2) is 11.9 Å². The second kappa shape index (κ2) is 7.58. The summed E-state index contributed by atoms with van der Waals surface area (Å²) in [5.41, 5.74) is -0.0501. The van der Waals surface area contributed by atoms with Crippen molar-refractivity contribution in [2.75, 3.05) is 23.3 Å². The van der Waals surface area contributed by atoms with Crippen LogP contribution in [0.3, 0.4) is 0 Å². The Morgan fingerprint density at radius 3 is 2.40 bits per heavy atom. The number of pyridine rings is 1. The highest BCUT2D eigenvalue weighted by molar-refractivity contribution is 6.02. The van der Waals surface area contributed by atoms with Crippen LogP contribution in [0.5, 0.6) is 5.75 Å². The van der Waals surface area contributed by atoms with Gasteiger partial charge in [-0.05, 0) is 38.0 Å². The van der Waals surface area contributed by atoms with Gasteiger partial charge in [0.1, 0.15) is 11.4 Å². The summed E-state index contributed by atoms with van der Waals surface area (Å²) in [5.74, 6) is -7.04. The Kier molecular flexibility index (Phi) is 5.08. The zero-order valence-corrected chi connectivity index (χ0v) is 15.8. The van der Waals surface area contributed by atoms with Gasteiger partial charge in [0.05, 0.1) is 5.69 Å². The first-order valence-corrected chi connectivity index (χ1v) is 9.37. The molecule has 2 aliphatic heterocycles. The summed E-state index contributed by atoms with van der Waals surface area (Å²) in [6.07, 6.45) is -0.160. The van der Waals surface area contributed by atoms with Crippen LogP contribution in [0.4, 0.5) is 28.9 Å². The number of nitrogens with zero attached hydrogens (tertiary/aromatic N) is 2. The number of halogens is 4. The molecule has 6 nitrogen and oxygen atoms in total. The summed E-state index contributed by atoms with van der Waals surface area (Å²) in [6, 6.07) is 4.71. The number of amides is 1. The Labute approximate surface area is 168 Å². The van der Waals surface area contributed by atoms with E-state index in [-0.39, 0.29) is 37.6 Å². The van der Waals surface area contributed by atoms with Crippen LogP contribution in [-0.4, -0.2) is 35.9 Å². The molecule has 0 saturated carbocycles. The molecule has 0 radical (unpaired) electrons. The fourth-order valence-corrected chi connectivity index (χ4v) is 3.72. The number of fused-ring (bicyclic) bond motifs is 1. The third-order valence-corrected chi connectivity index (χ3v) is 5.35. The van der Waals surface area contributed by atoms with Gasteiger partial charge in [-0.15, -0.1) is 0 Å². The molecule has 1 unspecified atom stereocenters. The van der Waals surface area contributed by atoms with Crippen LogP contribution in [0.15, 0.2) is 18.2 Å². The monoisotopic (exact) mass is 423 g/mol. The summed E-state index contributed by atoms with van der Waals surface area (Å²) in [7, 11) is 0. The third kappa shape index (κ3) is 3.46. The summed E-state index contributed by atoms with van der Waals surface area (Å²) in [6.45, 7) is 1.68. The predicted octanol–water partition coefficient (Wildman–Crippen LogP) is 3.46. The molecule has 0 spiro atoms. The van der Waals surface area contributed by atoms with Gasteiger partial charge in [-0.25, -0.2) is 0 Å². The molecule has 4 rings (SSSR count). The van der Waals surface area contributed by atoms with E-state index in [1.165, 1.54) is 11.0 Å². The molecule has 1 amide bonds. The zero-order chi connectivity index (χ0) is 21.6. The van der Waals surface area contributed by atoms with Crippen molar-refractivity contribution in [3.8, 4) is 5.75 Å². The number of carbonyl (C=O) groups excluding carboxylic acids is 2. The summed E-state index contributed by atoms with van der Waals surface area (Å²) in [4.78, 5) is 28.4. The van der Waals surface area contributed by atoms with Gasteiger partial charge in [0, 0.05) is 24.6 Å². The van der Waals surface area contributed by atoms with Crippen molar-refractivity contribution in [2.45, 2.75) is 25.9 Å². The van der Waals surface area contributed by atoms with E-state index >= 15 is 0 Å². The van der Waals surface area contributed by atoms with Gasteiger partial charge in [0.25, 0.3) is 17.8 Å². The molecule has 0 aliphatic carbocycles. The number of ether oxygens (including phenoxy) is 1. The number of anilines is 2. The molecule has 158 valence electrons. The van der Waals surface area contributed by atoms with Gasteiger partial charge in [-0.1, -0.05) is 0 Å². The standard InChI is InChI=1S/C20H17F4N3O3/c1-9-20(29)25-12-8-11(2-3-13(12)30-9)17(28)10-4-6-27(7-5-10)16-14(21)18(23)26-19(24)15(16)22/h2-3,8-10H,4-7H2,1H3,(H,25,29). The van der Waals surface area contributed by atoms with Crippen molar-refractivity contribution in [2.24, 2.45) is 5.92 Å². The average Bonchev–Trinajstić information content (AvgIpc) is 2.73. The number of hydrogen-bond donors (Lipinski definition) is 1. The Bertz CT molecular complexity index is 1010. The molecule has 30 heavy (non-hydrogen) atoms. The van der Waals surface area contributed by atoms with Crippen LogP contribution >= 0.6 is 0 Å². The predicted molar refractivity (Wildman–Crippen MR) is 98.5 cm³/mol. The molecule has 1 aromatic heterocycles. The van der Waals surface area contributed by atoms with Crippen molar-refractivity contribution >= 4 is 23.1 Å². The topological polar surface area (TPSA) is 71.5 Å². The maximum Gasteiger partial charge on any atom is 0.265 e. The lowest BCUT2D eigenvalue weighted by Gasteiger charge is -2.33. The van der Waals surface area contributed by atoms with Crippen LogP contribution in [-0.2, 0) is 4.79 Å². The Morgan fingerprint density at radius 2 is 1.77 bits per heavy atom. The molecule has 2 aromatic rings. The molecule has 1 atom stereocenters. The number of aromatic nitrogens is 1. The fraction of sp³-hybridized carbons (Fsp3) is 0.350. The maximum absolute atomic E-state index is 14.0. The quantitative estimate of drug-likeness (QED) is 0.465. The van der Waals surface area contributed by atoms with Gasteiger partial charge in [0.2, 0.25) is 11.6 Å². The van der Waals surface area contributed by atoms with Crippen LogP contribution in [0.2, 0.25) is 0 Å². The van der Waals surface area contributed by atoms with Crippen molar-refractivity contribution in [3.05, 3.63) is 47.3 Å². The molecule has 0 bridgehead atoms. The van der Waals surface area contributed by atoms with Crippen LogP contribution in [0, 0.1) is 29.4 Å². The average molecular weight is 423 g/mol. The normalized spacial score (nSPS) is 19.2.